The number of carboxylic acid groups (broad SMARTS) is 1. The highest BCUT2D eigenvalue weighted by molar-refractivity contribution is 7.89. The number of sulfonamides is 1. The van der Waals surface area contributed by atoms with Gasteiger partial charge in [0.15, 0.2) is 6.54 Å². The van der Waals surface area contributed by atoms with Crippen LogP contribution in [0.4, 0.5) is 22.0 Å². The zero-order chi connectivity index (χ0) is 19.9. The van der Waals surface area contributed by atoms with E-state index in [4.69, 9.17) is 5.11 Å². The maximum absolute atomic E-state index is 12.4. The Balaban J connectivity index is 4.09. The quantitative estimate of drug-likeness (QED) is 0.289. The Kier molecular flexibility index (Phi) is 8.67. The van der Waals surface area contributed by atoms with Gasteiger partial charge in [-0.2, -0.15) is 22.0 Å². The monoisotopic (exact) mass is 401 g/mol. The molecule has 0 saturated carbocycles. The maximum Gasteiger partial charge on any atom is 0.482 e. The van der Waals surface area contributed by atoms with Crippen LogP contribution in [0.5, 0.6) is 0 Å². The summed E-state index contributed by atoms with van der Waals surface area (Å²) >= 11 is 0. The molecule has 0 radical (unpaired) electrons. The van der Waals surface area contributed by atoms with Crippen molar-refractivity contribution in [3.05, 3.63) is 0 Å². The van der Waals surface area contributed by atoms with Crippen molar-refractivity contribution in [1.82, 2.24) is 4.72 Å². The lowest BCUT2D eigenvalue weighted by atomic mass is 10.3. The number of hydrogen-bond donors (Lipinski definition) is 2. The molecular weight excluding hydrogens is 379 g/mol. The summed E-state index contributed by atoms with van der Waals surface area (Å²) in [5.41, 5.74) is 0. The van der Waals surface area contributed by atoms with Crippen molar-refractivity contribution in [3.8, 4) is 0 Å². The summed E-state index contributed by atoms with van der Waals surface area (Å²) < 4.78 is 89.2. The van der Waals surface area contributed by atoms with Gasteiger partial charge in [-0.3, -0.25) is 0 Å². The Hall–Kier alpha value is -1.05. The fourth-order valence-corrected chi connectivity index (χ4v) is 2.88. The van der Waals surface area contributed by atoms with Gasteiger partial charge in [0.2, 0.25) is 10.0 Å². The third-order valence-electron chi connectivity index (χ3n) is 3.00. The van der Waals surface area contributed by atoms with E-state index in [1.807, 2.05) is 0 Å². The Bertz CT molecular complexity index is 537. The van der Waals surface area contributed by atoms with E-state index in [0.29, 0.717) is 13.0 Å². The topological polar surface area (TPSA) is 92.7 Å². The van der Waals surface area contributed by atoms with Crippen LogP contribution in [0, 0.1) is 0 Å². The number of rotatable bonds is 12. The molecule has 25 heavy (non-hydrogen) atoms. The molecule has 0 amide bonds. The Morgan fingerprint density at radius 2 is 1.72 bits per heavy atom. The number of carboxylic acids is 1. The van der Waals surface area contributed by atoms with Gasteiger partial charge in [-0.15, -0.1) is 0 Å². The van der Waals surface area contributed by atoms with E-state index < -0.39 is 47.1 Å². The van der Waals surface area contributed by atoms with Gasteiger partial charge in [-0.05, 0) is 6.42 Å². The van der Waals surface area contributed by atoms with Gasteiger partial charge in [0, 0.05) is 13.0 Å². The second-order valence-electron chi connectivity index (χ2n) is 5.99. The zero-order valence-corrected chi connectivity index (χ0v) is 14.6. The molecule has 0 aliphatic carbocycles. The lowest BCUT2D eigenvalue weighted by Gasteiger charge is -2.27. The first kappa shape index (κ1) is 23.9. The predicted molar refractivity (Wildman–Crippen MR) is 77.5 cm³/mol. The largest absolute Gasteiger partial charge is 0.482 e. The molecule has 0 atom stereocenters. The number of alkyl halides is 5. The van der Waals surface area contributed by atoms with E-state index in [1.54, 1.807) is 14.1 Å². The molecule has 0 aliphatic rings. The number of nitrogens with zero attached hydrogens (tertiary/aromatic N) is 1. The summed E-state index contributed by atoms with van der Waals surface area (Å²) in [6, 6.07) is 0. The number of quaternary nitrogens is 1. The van der Waals surface area contributed by atoms with Crippen LogP contribution in [0.3, 0.4) is 0 Å². The lowest BCUT2D eigenvalue weighted by Crippen LogP contribution is -2.45. The smallest absolute Gasteiger partial charge is 0.477 e. The summed E-state index contributed by atoms with van der Waals surface area (Å²) in [6.07, 6.45) is -11.4. The normalized spacial score (nSPS) is 13.9. The van der Waals surface area contributed by atoms with E-state index in [9.17, 15) is 35.2 Å². The van der Waals surface area contributed by atoms with Crippen LogP contribution in [0.2, 0.25) is 0 Å². The van der Waals surface area contributed by atoms with Crippen LogP contribution in [0.25, 0.3) is 0 Å². The molecule has 0 spiro atoms. The molecule has 0 bridgehead atoms. The minimum Gasteiger partial charge on any atom is -0.477 e. The van der Waals surface area contributed by atoms with Crippen LogP contribution in [0.1, 0.15) is 12.8 Å². The molecule has 0 aromatic rings. The molecule has 150 valence electrons. The molecule has 0 saturated heterocycles. The molecule has 0 heterocycles. The van der Waals surface area contributed by atoms with Crippen LogP contribution in [0.15, 0.2) is 0 Å². The summed E-state index contributed by atoms with van der Waals surface area (Å²) in [7, 11) is -0.548. The lowest BCUT2D eigenvalue weighted by molar-refractivity contribution is -0.883. The number of carbonyl (C=O) groups is 1. The Morgan fingerprint density at radius 3 is 2.20 bits per heavy atom. The van der Waals surface area contributed by atoms with Crippen molar-refractivity contribution in [2.75, 3.05) is 46.1 Å². The molecule has 13 heteroatoms. The highest BCUT2D eigenvalue weighted by Crippen LogP contribution is 2.36. The fourth-order valence-electron chi connectivity index (χ4n) is 1.78. The second kappa shape index (κ2) is 9.05. The van der Waals surface area contributed by atoms with Crippen molar-refractivity contribution >= 4 is 16.0 Å². The minimum absolute atomic E-state index is 0.0107. The molecule has 7 nitrogen and oxygen atoms in total. The number of aliphatic carboxylic acids is 1. The molecule has 0 fully saturated rings. The average Bonchev–Trinajstić information content (AvgIpc) is 2.37. The molecule has 0 aliphatic heterocycles. The summed E-state index contributed by atoms with van der Waals surface area (Å²) in [5, 5.41) is 8.70. The van der Waals surface area contributed by atoms with E-state index >= 15 is 0 Å². The molecular formula is C12H22F5N2O5S+. The number of likely N-dealkylation sites (N-methyl/N-ethyl adjacent to an activating group) is 1. The van der Waals surface area contributed by atoms with Crippen LogP contribution < -0.4 is 4.72 Å². The number of halogens is 5. The van der Waals surface area contributed by atoms with Crippen molar-refractivity contribution in [2.45, 2.75) is 25.1 Å². The van der Waals surface area contributed by atoms with Gasteiger partial charge < -0.3 is 14.3 Å². The van der Waals surface area contributed by atoms with Crippen molar-refractivity contribution in [1.29, 1.82) is 0 Å². The Morgan fingerprint density at radius 1 is 1.16 bits per heavy atom. The third kappa shape index (κ3) is 10.5. The van der Waals surface area contributed by atoms with Gasteiger partial charge in [0.1, 0.15) is 0 Å². The van der Waals surface area contributed by atoms with Crippen molar-refractivity contribution < 1.29 is 49.5 Å². The minimum atomic E-state index is -5.86. The van der Waals surface area contributed by atoms with Gasteiger partial charge in [0.05, 0.1) is 33.0 Å². The molecule has 2 N–H and O–H groups in total. The SMILES string of the molecule is C[N+](C)(CCCNS(=O)(=O)CCCOC(F)(F)C(F)(F)F)CC(=O)O. The van der Waals surface area contributed by atoms with E-state index in [1.165, 1.54) is 0 Å². The maximum atomic E-state index is 12.4. The van der Waals surface area contributed by atoms with E-state index in [0.717, 1.165) is 0 Å². The van der Waals surface area contributed by atoms with E-state index in [-0.39, 0.29) is 17.6 Å². The van der Waals surface area contributed by atoms with Gasteiger partial charge in [-0.25, -0.2) is 17.9 Å². The first-order valence-corrected chi connectivity index (χ1v) is 8.83. The molecule has 0 unspecified atom stereocenters. The highest BCUT2D eigenvalue weighted by Gasteiger charge is 2.59. The third-order valence-corrected chi connectivity index (χ3v) is 4.47. The van der Waals surface area contributed by atoms with Crippen LogP contribution in [-0.2, 0) is 19.6 Å². The predicted octanol–water partition coefficient (Wildman–Crippen LogP) is 1.02. The van der Waals surface area contributed by atoms with Crippen molar-refractivity contribution in [2.24, 2.45) is 0 Å². The van der Waals surface area contributed by atoms with Gasteiger partial charge in [-0.1, -0.05) is 0 Å². The van der Waals surface area contributed by atoms with Crippen LogP contribution in [-0.4, -0.2) is 82.4 Å². The summed E-state index contributed by atoms with van der Waals surface area (Å²) in [4.78, 5) is 10.6. The number of ether oxygens (including phenoxy) is 1. The first-order valence-electron chi connectivity index (χ1n) is 7.18. The van der Waals surface area contributed by atoms with Gasteiger partial charge >= 0.3 is 18.3 Å². The molecule has 0 aromatic carbocycles. The highest BCUT2D eigenvalue weighted by atomic mass is 32.2. The standard InChI is InChI=1S/C12H21F5N2O5S/c1-19(2,9-10(20)21)6-3-5-18-25(22,23)8-4-7-24-12(16,17)11(13,14)15/h18H,3-9H2,1-2H3/p+1. The van der Waals surface area contributed by atoms with Crippen molar-refractivity contribution in [3.63, 3.8) is 0 Å². The first-order chi connectivity index (χ1) is 11.1. The number of nitrogens with one attached hydrogen (secondary N) is 1. The Labute approximate surface area is 142 Å². The summed E-state index contributed by atoms with van der Waals surface area (Å²) in [5.74, 6) is -1.67. The second-order valence-corrected chi connectivity index (χ2v) is 7.92. The number of hydrogen-bond acceptors (Lipinski definition) is 4. The summed E-state index contributed by atoms with van der Waals surface area (Å²) in [6.45, 7) is -0.855. The van der Waals surface area contributed by atoms with Gasteiger partial charge in [0.25, 0.3) is 0 Å². The molecule has 0 aromatic heterocycles. The average molecular weight is 401 g/mol. The molecule has 0 rings (SSSR count). The van der Waals surface area contributed by atoms with Crippen LogP contribution >= 0.6 is 0 Å². The fraction of sp³-hybridized carbons (Fsp3) is 0.917. The van der Waals surface area contributed by atoms with E-state index in [2.05, 4.69) is 9.46 Å². The zero-order valence-electron chi connectivity index (χ0n) is 13.8.